The van der Waals surface area contributed by atoms with Crippen LogP contribution >= 0.6 is 11.3 Å². The minimum atomic E-state index is -2.55. The second kappa shape index (κ2) is 9.21. The molecule has 3 rings (SSSR count). The number of para-hydroxylation sites is 1. The van der Waals surface area contributed by atoms with Gasteiger partial charge in [-0.3, -0.25) is 4.79 Å². The summed E-state index contributed by atoms with van der Waals surface area (Å²) < 4.78 is 11.2. The number of hydrogen-bond acceptors (Lipinski definition) is 8. The number of benzene rings is 2. The summed E-state index contributed by atoms with van der Waals surface area (Å²) in [6.45, 7) is 1.15. The van der Waals surface area contributed by atoms with Crippen LogP contribution in [0.15, 0.2) is 54.6 Å². The zero-order valence-corrected chi connectivity index (χ0v) is 17.7. The molecule has 0 radical (unpaired) electrons. The molecule has 0 aliphatic carbocycles. The van der Waals surface area contributed by atoms with Crippen molar-refractivity contribution < 1.29 is 29.0 Å². The molecule has 9 nitrogen and oxygen atoms in total. The number of ether oxygens (including phenoxy) is 2. The van der Waals surface area contributed by atoms with Crippen LogP contribution in [0.25, 0.3) is 10.2 Å². The van der Waals surface area contributed by atoms with Crippen LogP contribution in [-0.2, 0) is 31.4 Å². The third kappa shape index (κ3) is 4.26. The summed E-state index contributed by atoms with van der Waals surface area (Å²) in [5.41, 5.74) is 4.32. The van der Waals surface area contributed by atoms with Gasteiger partial charge in [-0.1, -0.05) is 42.5 Å². The van der Waals surface area contributed by atoms with Gasteiger partial charge in [-0.05, 0) is 24.6 Å². The number of nitrogens with two attached hydrogens (primary N) is 1. The third-order valence-electron chi connectivity index (χ3n) is 4.48. The standard InChI is InChI=1S/C21H21N3O6S/c1-13(22)17(25)24(20(28)30-12-14-8-4-3-5-9-14)21(29-2,19(26)27)18-23-15-10-6-7-11-16(15)31-18/h3-11,13H,12,22H2,1-2H3,(H,26,27)/t13-,21?/m0/s1. The van der Waals surface area contributed by atoms with Crippen LogP contribution in [0, 0.1) is 0 Å². The van der Waals surface area contributed by atoms with Gasteiger partial charge in [0.25, 0.3) is 5.91 Å². The van der Waals surface area contributed by atoms with Gasteiger partial charge in [0.05, 0.1) is 16.3 Å². The van der Waals surface area contributed by atoms with Gasteiger partial charge in [-0.2, -0.15) is 4.90 Å². The Labute approximate surface area is 182 Å². The predicted octanol–water partition coefficient (Wildman–Crippen LogP) is 2.69. The molecule has 10 heteroatoms. The first kappa shape index (κ1) is 22.3. The number of nitrogens with zero attached hydrogens (tertiary/aromatic N) is 2. The lowest BCUT2D eigenvalue weighted by Crippen LogP contribution is -2.61. The predicted molar refractivity (Wildman–Crippen MR) is 113 cm³/mol. The molecule has 162 valence electrons. The molecule has 0 fully saturated rings. The molecule has 3 aromatic rings. The molecular formula is C21H21N3O6S. The highest BCUT2D eigenvalue weighted by molar-refractivity contribution is 7.18. The van der Waals surface area contributed by atoms with Crippen molar-refractivity contribution in [2.75, 3.05) is 7.11 Å². The highest BCUT2D eigenvalue weighted by Crippen LogP contribution is 2.37. The Morgan fingerprint density at radius 1 is 1.16 bits per heavy atom. The second-order valence-corrected chi connectivity index (χ2v) is 7.67. The molecular weight excluding hydrogens is 422 g/mol. The SMILES string of the molecule is COC(C(=O)O)(c1nc2ccccc2s1)N(C(=O)OCc1ccccc1)C(=O)[C@H](C)N. The van der Waals surface area contributed by atoms with E-state index in [0.29, 0.717) is 20.7 Å². The molecule has 2 aromatic carbocycles. The number of thiazole rings is 1. The Morgan fingerprint density at radius 3 is 2.39 bits per heavy atom. The van der Waals surface area contributed by atoms with Crippen LogP contribution in [0.5, 0.6) is 0 Å². The van der Waals surface area contributed by atoms with Crippen molar-refractivity contribution >= 4 is 39.5 Å². The summed E-state index contributed by atoms with van der Waals surface area (Å²) >= 11 is 0.987. The van der Waals surface area contributed by atoms with Gasteiger partial charge in [0.2, 0.25) is 0 Å². The van der Waals surface area contributed by atoms with E-state index in [1.165, 1.54) is 6.92 Å². The maximum Gasteiger partial charge on any atom is 0.420 e. The van der Waals surface area contributed by atoms with Crippen LogP contribution < -0.4 is 5.73 Å². The van der Waals surface area contributed by atoms with E-state index in [1.54, 1.807) is 54.6 Å². The van der Waals surface area contributed by atoms with E-state index in [0.717, 1.165) is 18.4 Å². The Kier molecular flexibility index (Phi) is 6.64. The molecule has 2 atom stereocenters. The van der Waals surface area contributed by atoms with Gasteiger partial charge in [-0.25, -0.2) is 14.6 Å². The maximum absolute atomic E-state index is 13.0. The molecule has 1 aromatic heterocycles. The number of rotatable bonds is 7. The topological polar surface area (TPSA) is 132 Å². The van der Waals surface area contributed by atoms with Gasteiger partial charge in [0.15, 0.2) is 5.01 Å². The number of carboxylic acid groups (broad SMARTS) is 1. The fourth-order valence-corrected chi connectivity index (χ4v) is 4.04. The highest BCUT2D eigenvalue weighted by Gasteiger charge is 2.56. The molecule has 1 unspecified atom stereocenters. The number of carbonyl (C=O) groups excluding carboxylic acids is 2. The Balaban J connectivity index is 2.08. The number of imide groups is 1. The van der Waals surface area contributed by atoms with Crippen molar-refractivity contribution in [3.05, 3.63) is 65.2 Å². The Morgan fingerprint density at radius 2 is 1.81 bits per heavy atom. The summed E-state index contributed by atoms with van der Waals surface area (Å²) in [4.78, 5) is 43.1. The number of aliphatic carboxylic acids is 1. The molecule has 0 aliphatic rings. The quantitative estimate of drug-likeness (QED) is 0.533. The Hall–Kier alpha value is -3.34. The van der Waals surface area contributed by atoms with Gasteiger partial charge in [0.1, 0.15) is 6.61 Å². The molecule has 0 spiro atoms. The number of methoxy groups -OCH3 is 1. The summed E-state index contributed by atoms with van der Waals surface area (Å²) in [5, 5.41) is 10.0. The molecule has 0 saturated carbocycles. The van der Waals surface area contributed by atoms with E-state index in [9.17, 15) is 19.5 Å². The fourth-order valence-electron chi connectivity index (χ4n) is 2.93. The summed E-state index contributed by atoms with van der Waals surface area (Å²) in [5.74, 6) is -2.60. The zero-order valence-electron chi connectivity index (χ0n) is 16.8. The first-order chi connectivity index (χ1) is 14.8. The molecule has 0 bridgehead atoms. The monoisotopic (exact) mass is 443 g/mol. The first-order valence-corrected chi connectivity index (χ1v) is 10.1. The minimum absolute atomic E-state index is 0.116. The van der Waals surface area contributed by atoms with Crippen LogP contribution in [0.2, 0.25) is 0 Å². The number of amides is 2. The number of carboxylic acids is 1. The molecule has 2 amide bonds. The van der Waals surface area contributed by atoms with Crippen molar-refractivity contribution in [3.8, 4) is 0 Å². The molecule has 31 heavy (non-hydrogen) atoms. The van der Waals surface area contributed by atoms with Crippen LogP contribution in [0.1, 0.15) is 17.5 Å². The lowest BCUT2D eigenvalue weighted by molar-refractivity contribution is -0.194. The normalized spacial score (nSPS) is 13.9. The smallest absolute Gasteiger partial charge is 0.420 e. The summed E-state index contributed by atoms with van der Waals surface area (Å²) in [6.07, 6.45) is -1.21. The van der Waals surface area contributed by atoms with Crippen molar-refractivity contribution in [2.45, 2.75) is 25.3 Å². The average molecular weight is 443 g/mol. The molecule has 1 heterocycles. The Bertz CT molecular complexity index is 1070. The van der Waals surface area contributed by atoms with Crippen molar-refractivity contribution in [2.24, 2.45) is 5.73 Å². The van der Waals surface area contributed by atoms with Crippen LogP contribution in [0.3, 0.4) is 0 Å². The third-order valence-corrected chi connectivity index (χ3v) is 5.61. The number of carbonyl (C=O) groups is 3. The zero-order chi connectivity index (χ0) is 22.6. The molecule has 3 N–H and O–H groups in total. The van der Waals surface area contributed by atoms with Gasteiger partial charge in [0, 0.05) is 7.11 Å². The molecule has 0 saturated heterocycles. The average Bonchev–Trinajstić information content (AvgIpc) is 3.20. The van der Waals surface area contributed by atoms with E-state index < -0.39 is 29.7 Å². The van der Waals surface area contributed by atoms with E-state index >= 15 is 0 Å². The van der Waals surface area contributed by atoms with E-state index in [4.69, 9.17) is 15.2 Å². The minimum Gasteiger partial charge on any atom is -0.477 e. The van der Waals surface area contributed by atoms with Gasteiger partial charge in [-0.15, -0.1) is 11.3 Å². The number of hydrogen-bond donors (Lipinski definition) is 2. The van der Waals surface area contributed by atoms with Gasteiger partial charge >= 0.3 is 17.8 Å². The lowest BCUT2D eigenvalue weighted by atomic mass is 10.1. The maximum atomic E-state index is 13.0. The fraction of sp³-hybridized carbons (Fsp3) is 0.238. The van der Waals surface area contributed by atoms with E-state index in [1.807, 2.05) is 0 Å². The van der Waals surface area contributed by atoms with Gasteiger partial charge < -0.3 is 20.3 Å². The summed E-state index contributed by atoms with van der Waals surface area (Å²) in [7, 11) is 1.08. The van der Waals surface area contributed by atoms with Crippen molar-refractivity contribution in [1.29, 1.82) is 0 Å². The van der Waals surface area contributed by atoms with Crippen LogP contribution in [0.4, 0.5) is 4.79 Å². The number of fused-ring (bicyclic) bond motifs is 1. The lowest BCUT2D eigenvalue weighted by Gasteiger charge is -2.36. The van der Waals surface area contributed by atoms with Crippen molar-refractivity contribution in [1.82, 2.24) is 9.88 Å². The second-order valence-electron chi connectivity index (χ2n) is 6.64. The molecule has 0 aliphatic heterocycles. The van der Waals surface area contributed by atoms with E-state index in [-0.39, 0.29) is 11.6 Å². The number of aromatic nitrogens is 1. The highest BCUT2D eigenvalue weighted by atomic mass is 32.1. The van der Waals surface area contributed by atoms with Crippen LogP contribution in [-0.4, -0.2) is 46.1 Å². The first-order valence-electron chi connectivity index (χ1n) is 9.26. The van der Waals surface area contributed by atoms with Crippen molar-refractivity contribution in [3.63, 3.8) is 0 Å². The largest absolute Gasteiger partial charge is 0.477 e. The summed E-state index contributed by atoms with van der Waals surface area (Å²) in [6, 6.07) is 14.5. The van der Waals surface area contributed by atoms with E-state index in [2.05, 4.69) is 4.98 Å².